The van der Waals surface area contributed by atoms with E-state index in [9.17, 15) is 0 Å². The van der Waals surface area contributed by atoms with Gasteiger partial charge in [0, 0.05) is 28.0 Å². The van der Waals surface area contributed by atoms with Crippen molar-refractivity contribution in [3.63, 3.8) is 0 Å². The van der Waals surface area contributed by atoms with Crippen LogP contribution >= 0.6 is 0 Å². The largest absolute Gasteiger partial charge is 0.310 e. The van der Waals surface area contributed by atoms with Crippen molar-refractivity contribution in [3.8, 4) is 22.5 Å². The Kier molecular flexibility index (Phi) is 16.0. The van der Waals surface area contributed by atoms with Gasteiger partial charge in [-0.3, -0.25) is 0 Å². The number of aryl methyl sites for hydroxylation is 1. The number of aromatic nitrogens is 2. The summed E-state index contributed by atoms with van der Waals surface area (Å²) in [6.45, 7) is 31.2. The highest BCUT2D eigenvalue weighted by molar-refractivity contribution is 5.91. The summed E-state index contributed by atoms with van der Waals surface area (Å²) >= 11 is 0. The number of fused-ring (bicyclic) bond motifs is 1. The highest BCUT2D eigenvalue weighted by atomic mass is 15.0. The first-order valence-corrected chi connectivity index (χ1v) is 19.3. The van der Waals surface area contributed by atoms with Crippen LogP contribution in [0, 0.1) is 13.8 Å². The van der Waals surface area contributed by atoms with Crippen molar-refractivity contribution in [1.29, 1.82) is 0 Å². The van der Waals surface area contributed by atoms with E-state index in [1.807, 2.05) is 44.2 Å². The molecule has 0 bridgehead atoms. The van der Waals surface area contributed by atoms with Crippen molar-refractivity contribution in [1.82, 2.24) is 9.13 Å². The molecule has 0 spiro atoms. The Morgan fingerprint density at radius 1 is 0.607 bits per heavy atom. The van der Waals surface area contributed by atoms with Gasteiger partial charge in [0.05, 0.1) is 16.9 Å². The Morgan fingerprint density at radius 2 is 1.27 bits per heavy atom. The van der Waals surface area contributed by atoms with Crippen molar-refractivity contribution < 1.29 is 0 Å². The zero-order chi connectivity index (χ0) is 40.5. The number of hydrogen-bond acceptors (Lipinski definition) is 0. The lowest BCUT2D eigenvalue weighted by Crippen LogP contribution is -2.00. The van der Waals surface area contributed by atoms with E-state index in [1.54, 1.807) is 12.2 Å². The third-order valence-corrected chi connectivity index (χ3v) is 9.46. The molecular weight excluding hydrogens is 677 g/mol. The molecule has 2 nitrogen and oxygen atoms in total. The van der Waals surface area contributed by atoms with E-state index in [4.69, 9.17) is 0 Å². The van der Waals surface area contributed by atoms with Crippen LogP contribution in [0.15, 0.2) is 191 Å². The van der Waals surface area contributed by atoms with E-state index in [1.165, 1.54) is 38.7 Å². The minimum absolute atomic E-state index is 0.755. The Labute approximate surface area is 336 Å². The average Bonchev–Trinajstić information content (AvgIpc) is 3.68. The van der Waals surface area contributed by atoms with E-state index in [-0.39, 0.29) is 0 Å². The summed E-state index contributed by atoms with van der Waals surface area (Å²) in [5.74, 6) is 0. The SMILES string of the molecule is C=C/C=C\c1c(C)c2cc(C/C=C\c3c(C=C)c(C)c(/C=C(\C=C)CC=C)n3-c3ccccc3)ccc2n1-c1cccc(-c2ccccc2)c1.C=CC=C.CC. The van der Waals surface area contributed by atoms with Crippen molar-refractivity contribution in [3.05, 3.63) is 230 Å². The first-order chi connectivity index (χ1) is 27.4. The first kappa shape index (κ1) is 42.1. The summed E-state index contributed by atoms with van der Waals surface area (Å²) in [4.78, 5) is 0. The Balaban J connectivity index is 0.00000109. The van der Waals surface area contributed by atoms with Gasteiger partial charge in [0.1, 0.15) is 0 Å². The summed E-state index contributed by atoms with van der Waals surface area (Å²) in [5.41, 5.74) is 15.1. The molecule has 0 amide bonds. The molecule has 0 N–H and O–H groups in total. The summed E-state index contributed by atoms with van der Waals surface area (Å²) in [5, 5.41) is 1.24. The highest BCUT2D eigenvalue weighted by Crippen LogP contribution is 2.34. The minimum Gasteiger partial charge on any atom is -0.310 e. The molecule has 0 aliphatic rings. The lowest BCUT2D eigenvalue weighted by Gasteiger charge is -2.12. The van der Waals surface area contributed by atoms with E-state index < -0.39 is 0 Å². The molecule has 0 saturated carbocycles. The number of hydrogen-bond donors (Lipinski definition) is 0. The summed E-state index contributed by atoms with van der Waals surface area (Å²) in [6.07, 6.45) is 23.4. The van der Waals surface area contributed by atoms with Crippen molar-refractivity contribution in [2.45, 2.75) is 40.5 Å². The molecule has 0 aliphatic carbocycles. The van der Waals surface area contributed by atoms with Gasteiger partial charge in [0.15, 0.2) is 0 Å². The molecule has 2 heterocycles. The molecule has 0 atom stereocenters. The summed E-state index contributed by atoms with van der Waals surface area (Å²) in [6, 6.07) is 36.7. The number of nitrogens with zero attached hydrogens (tertiary/aromatic N) is 2. The third kappa shape index (κ3) is 9.71. The van der Waals surface area contributed by atoms with Gasteiger partial charge in [-0.25, -0.2) is 0 Å². The van der Waals surface area contributed by atoms with E-state index >= 15 is 0 Å². The predicted molar refractivity (Wildman–Crippen MR) is 251 cm³/mol. The van der Waals surface area contributed by atoms with E-state index in [0.717, 1.165) is 52.4 Å². The number of rotatable bonds is 14. The molecule has 0 radical (unpaired) electrons. The number of para-hydroxylation sites is 1. The second-order valence-corrected chi connectivity index (χ2v) is 12.9. The molecule has 0 saturated heterocycles. The highest BCUT2D eigenvalue weighted by Gasteiger charge is 2.18. The van der Waals surface area contributed by atoms with Crippen LogP contribution in [0.2, 0.25) is 0 Å². The second-order valence-electron chi connectivity index (χ2n) is 12.9. The van der Waals surface area contributed by atoms with Crippen LogP contribution in [0.25, 0.3) is 57.7 Å². The van der Waals surface area contributed by atoms with Crippen LogP contribution < -0.4 is 0 Å². The van der Waals surface area contributed by atoms with E-state index in [2.05, 4.69) is 190 Å². The second kappa shape index (κ2) is 21.3. The fraction of sp³-hybridized carbons (Fsp3) is 0.111. The van der Waals surface area contributed by atoms with Crippen LogP contribution in [-0.2, 0) is 6.42 Å². The Bertz CT molecular complexity index is 2380. The molecule has 4 aromatic carbocycles. The molecule has 282 valence electrons. The van der Waals surface area contributed by atoms with Gasteiger partial charge in [0.2, 0.25) is 0 Å². The normalized spacial score (nSPS) is 11.0. The predicted octanol–water partition coefficient (Wildman–Crippen LogP) is 15.3. The van der Waals surface area contributed by atoms with Gasteiger partial charge in [-0.1, -0.05) is 162 Å². The maximum atomic E-state index is 4.21. The minimum atomic E-state index is 0.755. The van der Waals surface area contributed by atoms with Crippen molar-refractivity contribution >= 4 is 35.2 Å². The van der Waals surface area contributed by atoms with Gasteiger partial charge in [-0.05, 0) is 115 Å². The summed E-state index contributed by atoms with van der Waals surface area (Å²) in [7, 11) is 0. The lowest BCUT2D eigenvalue weighted by atomic mass is 10.0. The quantitative estimate of drug-likeness (QED) is 0.0779. The molecule has 2 heteroatoms. The topological polar surface area (TPSA) is 9.86 Å². The van der Waals surface area contributed by atoms with Crippen LogP contribution in [0.1, 0.15) is 59.6 Å². The van der Waals surface area contributed by atoms with Gasteiger partial charge >= 0.3 is 0 Å². The van der Waals surface area contributed by atoms with Crippen molar-refractivity contribution in [2.24, 2.45) is 0 Å². The molecule has 0 fully saturated rings. The van der Waals surface area contributed by atoms with Crippen LogP contribution in [0.4, 0.5) is 0 Å². The monoisotopic (exact) mass is 732 g/mol. The van der Waals surface area contributed by atoms with Crippen LogP contribution in [-0.4, -0.2) is 9.13 Å². The zero-order valence-corrected chi connectivity index (χ0v) is 33.7. The van der Waals surface area contributed by atoms with Crippen LogP contribution in [0.5, 0.6) is 0 Å². The molecule has 6 aromatic rings. The molecular formula is C54H56N2. The molecule has 2 aromatic heterocycles. The number of allylic oxidation sites excluding steroid dienone is 8. The maximum absolute atomic E-state index is 4.21. The zero-order valence-electron chi connectivity index (χ0n) is 33.7. The fourth-order valence-electron chi connectivity index (χ4n) is 6.78. The average molecular weight is 733 g/mol. The van der Waals surface area contributed by atoms with Gasteiger partial charge < -0.3 is 9.13 Å². The molecule has 56 heavy (non-hydrogen) atoms. The van der Waals surface area contributed by atoms with E-state index in [0.29, 0.717) is 0 Å². The summed E-state index contributed by atoms with van der Waals surface area (Å²) < 4.78 is 4.69. The molecule has 0 unspecified atom stereocenters. The third-order valence-electron chi connectivity index (χ3n) is 9.46. The van der Waals surface area contributed by atoms with Gasteiger partial charge in [0.25, 0.3) is 0 Å². The maximum Gasteiger partial charge on any atom is 0.0537 e. The van der Waals surface area contributed by atoms with Gasteiger partial charge in [-0.2, -0.15) is 0 Å². The standard InChI is InChI=1S/C48H44N2.C4H6.C2H6/c1-7-11-28-45-36(6)44-32-38(30-31-47(44)50(45)42-27-19-24-40(34-42)39-22-14-12-15-23-39)21-18-29-46-43(10-4)35(5)48(33-37(9-3)20-8-2)49(46)41-25-16-13-17-26-41;1-3-4-2;1-2/h7-19,22-34H,1-4,20-21H2,5-6H3;3-4H,1-2H2;1-2H3/b28-11-,29-18-,37-33+;;. The lowest BCUT2D eigenvalue weighted by molar-refractivity contribution is 1.04. The Morgan fingerprint density at radius 3 is 1.89 bits per heavy atom. The Hall–Kier alpha value is -6.64. The number of benzene rings is 4. The molecule has 0 aliphatic heterocycles. The smallest absolute Gasteiger partial charge is 0.0537 e. The van der Waals surface area contributed by atoms with Crippen LogP contribution in [0.3, 0.4) is 0 Å². The first-order valence-electron chi connectivity index (χ1n) is 19.3. The fourth-order valence-corrected chi connectivity index (χ4v) is 6.78. The van der Waals surface area contributed by atoms with Crippen molar-refractivity contribution in [2.75, 3.05) is 0 Å². The van der Waals surface area contributed by atoms with Gasteiger partial charge in [-0.15, -0.1) is 6.58 Å². The molecule has 6 rings (SSSR count).